The third kappa shape index (κ3) is 3.19. The molecule has 0 N–H and O–H groups in total. The van der Waals surface area contributed by atoms with Crippen LogP contribution in [0.15, 0.2) is 37.2 Å². The average molecular weight is 163 g/mol. The summed E-state index contributed by atoms with van der Waals surface area (Å²) in [6, 6.07) is 5.94. The minimum atomic E-state index is 0.722. The Kier molecular flexibility index (Phi) is 3.92. The number of hydrogen-bond acceptors (Lipinski definition) is 2. The van der Waals surface area contributed by atoms with Crippen LogP contribution in [0.4, 0.5) is 0 Å². The number of pyridine rings is 1. The molecule has 0 bridgehead atoms. The summed E-state index contributed by atoms with van der Waals surface area (Å²) in [4.78, 5) is 4.19. The molecule has 0 aromatic carbocycles. The van der Waals surface area contributed by atoms with Gasteiger partial charge >= 0.3 is 0 Å². The molecule has 2 nitrogen and oxygen atoms in total. The van der Waals surface area contributed by atoms with Crippen molar-refractivity contribution in [3.8, 4) is 0 Å². The summed E-state index contributed by atoms with van der Waals surface area (Å²) in [5.74, 6) is 0. The Bertz CT molecular complexity index is 221. The van der Waals surface area contributed by atoms with E-state index in [9.17, 15) is 0 Å². The van der Waals surface area contributed by atoms with Crippen LogP contribution in [0, 0.1) is 0 Å². The molecule has 0 aliphatic rings. The van der Waals surface area contributed by atoms with Crippen LogP contribution < -0.4 is 0 Å². The number of hydrogen-bond donors (Lipinski definition) is 0. The summed E-state index contributed by atoms with van der Waals surface area (Å²) in [6.45, 7) is 4.19. The molecule has 1 heterocycles. The van der Waals surface area contributed by atoms with E-state index in [1.54, 1.807) is 0 Å². The molecule has 0 saturated carbocycles. The lowest BCUT2D eigenvalue weighted by atomic mass is 10.2. The van der Waals surface area contributed by atoms with E-state index in [2.05, 4.69) is 11.6 Å². The van der Waals surface area contributed by atoms with Gasteiger partial charge in [-0.25, -0.2) is 0 Å². The molecule has 0 atom stereocenters. The van der Waals surface area contributed by atoms with E-state index in [1.807, 2.05) is 24.4 Å². The predicted molar refractivity (Wildman–Crippen MR) is 48.7 cm³/mol. The van der Waals surface area contributed by atoms with E-state index in [0.29, 0.717) is 0 Å². The highest BCUT2D eigenvalue weighted by atomic mass is 16.5. The fourth-order valence-corrected chi connectivity index (χ4v) is 0.966. The first-order chi connectivity index (χ1) is 5.93. The van der Waals surface area contributed by atoms with Crippen molar-refractivity contribution < 1.29 is 4.74 Å². The van der Waals surface area contributed by atoms with E-state index >= 15 is 0 Å². The molecule has 0 saturated heterocycles. The minimum Gasteiger partial charge on any atom is -0.502 e. The summed E-state index contributed by atoms with van der Waals surface area (Å²) >= 11 is 0. The van der Waals surface area contributed by atoms with E-state index in [4.69, 9.17) is 4.74 Å². The Balaban J connectivity index is 2.20. The van der Waals surface area contributed by atoms with Gasteiger partial charge in [-0.1, -0.05) is 12.6 Å². The lowest BCUT2D eigenvalue weighted by Crippen LogP contribution is -1.93. The monoisotopic (exact) mass is 163 g/mol. The summed E-state index contributed by atoms with van der Waals surface area (Å²) in [5, 5.41) is 0. The van der Waals surface area contributed by atoms with Crippen molar-refractivity contribution in [3.63, 3.8) is 0 Å². The lowest BCUT2D eigenvalue weighted by Gasteiger charge is -1.99. The Hall–Kier alpha value is -1.31. The van der Waals surface area contributed by atoms with Crippen molar-refractivity contribution in [2.75, 3.05) is 6.61 Å². The maximum Gasteiger partial charge on any atom is 0.0876 e. The van der Waals surface area contributed by atoms with Gasteiger partial charge in [0.2, 0.25) is 0 Å². The molecule has 0 aliphatic heterocycles. The van der Waals surface area contributed by atoms with Crippen LogP contribution in [-0.4, -0.2) is 11.6 Å². The second kappa shape index (κ2) is 5.35. The molecule has 0 unspecified atom stereocenters. The standard InChI is InChI=1S/C10H13NO/c1-2-12-9-5-7-10-6-3-4-8-11-10/h2-4,6,8H,1,5,7,9H2. The van der Waals surface area contributed by atoms with Gasteiger partial charge in [0, 0.05) is 11.9 Å². The molecule has 64 valence electrons. The zero-order chi connectivity index (χ0) is 8.65. The summed E-state index contributed by atoms with van der Waals surface area (Å²) in [5.41, 5.74) is 1.12. The first kappa shape index (κ1) is 8.78. The fraction of sp³-hybridized carbons (Fsp3) is 0.300. The van der Waals surface area contributed by atoms with E-state index < -0.39 is 0 Å². The minimum absolute atomic E-state index is 0.722. The predicted octanol–water partition coefficient (Wildman–Crippen LogP) is 2.17. The molecule has 1 rings (SSSR count). The van der Waals surface area contributed by atoms with Gasteiger partial charge in [-0.2, -0.15) is 0 Å². The first-order valence-electron chi connectivity index (χ1n) is 4.06. The second-order valence-corrected chi connectivity index (χ2v) is 2.46. The molecular formula is C10H13NO. The molecular weight excluding hydrogens is 150 g/mol. The number of nitrogens with zero attached hydrogens (tertiary/aromatic N) is 1. The molecule has 12 heavy (non-hydrogen) atoms. The second-order valence-electron chi connectivity index (χ2n) is 2.46. The zero-order valence-corrected chi connectivity index (χ0v) is 7.07. The van der Waals surface area contributed by atoms with Gasteiger partial charge in [-0.3, -0.25) is 4.98 Å². The van der Waals surface area contributed by atoms with E-state index in [-0.39, 0.29) is 0 Å². The van der Waals surface area contributed by atoms with E-state index in [1.165, 1.54) is 6.26 Å². The molecule has 0 spiro atoms. The van der Waals surface area contributed by atoms with Crippen LogP contribution in [0.25, 0.3) is 0 Å². The Labute approximate surface area is 72.9 Å². The van der Waals surface area contributed by atoms with Crippen LogP contribution in [0.5, 0.6) is 0 Å². The highest BCUT2D eigenvalue weighted by Gasteiger charge is 1.91. The summed E-state index contributed by atoms with van der Waals surface area (Å²) in [7, 11) is 0. The molecule has 2 heteroatoms. The third-order valence-corrected chi connectivity index (χ3v) is 1.54. The number of ether oxygens (including phenoxy) is 1. The SMILES string of the molecule is C=COCCCc1ccccn1. The molecule has 0 amide bonds. The Morgan fingerprint density at radius 2 is 2.42 bits per heavy atom. The molecule has 1 aromatic heterocycles. The number of rotatable bonds is 5. The zero-order valence-electron chi connectivity index (χ0n) is 7.07. The maximum absolute atomic E-state index is 4.99. The first-order valence-corrected chi connectivity index (χ1v) is 4.06. The number of aryl methyl sites for hydroxylation is 1. The van der Waals surface area contributed by atoms with Gasteiger partial charge in [-0.15, -0.1) is 0 Å². The van der Waals surface area contributed by atoms with Crippen molar-refractivity contribution in [1.29, 1.82) is 0 Å². The lowest BCUT2D eigenvalue weighted by molar-refractivity contribution is 0.246. The van der Waals surface area contributed by atoms with Crippen LogP contribution in [-0.2, 0) is 11.2 Å². The highest BCUT2D eigenvalue weighted by Crippen LogP contribution is 1.98. The molecule has 0 fully saturated rings. The van der Waals surface area contributed by atoms with Gasteiger partial charge in [0.05, 0.1) is 12.9 Å². The van der Waals surface area contributed by atoms with Crippen molar-refractivity contribution in [2.45, 2.75) is 12.8 Å². The van der Waals surface area contributed by atoms with Crippen LogP contribution >= 0.6 is 0 Å². The van der Waals surface area contributed by atoms with Crippen molar-refractivity contribution in [1.82, 2.24) is 4.98 Å². The quantitative estimate of drug-likeness (QED) is 0.490. The van der Waals surface area contributed by atoms with Crippen LogP contribution in [0.3, 0.4) is 0 Å². The van der Waals surface area contributed by atoms with Crippen LogP contribution in [0.1, 0.15) is 12.1 Å². The number of aromatic nitrogens is 1. The Morgan fingerprint density at radius 3 is 3.08 bits per heavy atom. The smallest absolute Gasteiger partial charge is 0.0876 e. The molecule has 0 aliphatic carbocycles. The third-order valence-electron chi connectivity index (χ3n) is 1.54. The van der Waals surface area contributed by atoms with Crippen molar-refractivity contribution >= 4 is 0 Å². The average Bonchev–Trinajstić information content (AvgIpc) is 2.14. The normalized spacial score (nSPS) is 9.33. The topological polar surface area (TPSA) is 22.1 Å². The fourth-order valence-electron chi connectivity index (χ4n) is 0.966. The van der Waals surface area contributed by atoms with Crippen molar-refractivity contribution in [2.24, 2.45) is 0 Å². The van der Waals surface area contributed by atoms with Crippen LogP contribution in [0.2, 0.25) is 0 Å². The van der Waals surface area contributed by atoms with Gasteiger partial charge < -0.3 is 4.74 Å². The van der Waals surface area contributed by atoms with E-state index in [0.717, 1.165) is 25.1 Å². The summed E-state index contributed by atoms with van der Waals surface area (Å²) < 4.78 is 4.99. The van der Waals surface area contributed by atoms with Gasteiger partial charge in [0.25, 0.3) is 0 Å². The largest absolute Gasteiger partial charge is 0.502 e. The van der Waals surface area contributed by atoms with Gasteiger partial charge in [0.1, 0.15) is 0 Å². The maximum atomic E-state index is 4.99. The molecule has 0 radical (unpaired) electrons. The Morgan fingerprint density at radius 1 is 1.50 bits per heavy atom. The van der Waals surface area contributed by atoms with Gasteiger partial charge in [0.15, 0.2) is 0 Å². The summed E-state index contributed by atoms with van der Waals surface area (Å²) in [6.07, 6.45) is 5.24. The van der Waals surface area contributed by atoms with Gasteiger partial charge in [-0.05, 0) is 25.0 Å². The molecule has 1 aromatic rings. The highest BCUT2D eigenvalue weighted by molar-refractivity contribution is 5.03. The van der Waals surface area contributed by atoms with Crippen molar-refractivity contribution in [3.05, 3.63) is 42.9 Å².